The van der Waals surface area contributed by atoms with Crippen molar-refractivity contribution in [1.29, 1.82) is 0 Å². The van der Waals surface area contributed by atoms with Crippen LogP contribution in [0.15, 0.2) is 18.2 Å². The number of aromatic carboxylic acids is 1. The van der Waals surface area contributed by atoms with Crippen molar-refractivity contribution >= 4 is 17.6 Å². The van der Waals surface area contributed by atoms with E-state index in [1.54, 1.807) is 13.0 Å². The van der Waals surface area contributed by atoms with Crippen molar-refractivity contribution in [3.05, 3.63) is 41.0 Å². The molecule has 0 spiro atoms. The van der Waals surface area contributed by atoms with Gasteiger partial charge in [-0.2, -0.15) is 0 Å². The third-order valence-electron chi connectivity index (χ3n) is 2.95. The zero-order chi connectivity index (χ0) is 15.6. The molecule has 0 fully saturated rings. The number of aromatic nitrogens is 3. The maximum Gasteiger partial charge on any atom is 0.358 e. The second kappa shape index (κ2) is 5.70. The van der Waals surface area contributed by atoms with Gasteiger partial charge < -0.3 is 10.4 Å². The predicted molar refractivity (Wildman–Crippen MR) is 71.5 cm³/mol. The van der Waals surface area contributed by atoms with E-state index in [4.69, 9.17) is 5.11 Å². The summed E-state index contributed by atoms with van der Waals surface area (Å²) in [6, 6.07) is 4.06. The summed E-state index contributed by atoms with van der Waals surface area (Å²) in [6.07, 6.45) is 0. The molecule has 0 aliphatic heterocycles. The van der Waals surface area contributed by atoms with Gasteiger partial charge in [-0.15, -0.1) is 5.10 Å². The molecule has 1 amide bonds. The third-order valence-corrected chi connectivity index (χ3v) is 2.95. The Morgan fingerprint density at radius 2 is 2.10 bits per heavy atom. The number of amides is 1. The SMILES string of the molecule is Cc1ccc(F)cc1NC(=O)Cn1nnc(C(=O)O)c1C. The Balaban J connectivity index is 2.12. The summed E-state index contributed by atoms with van der Waals surface area (Å²) in [5.74, 6) is -2.12. The first kappa shape index (κ1) is 14.6. The highest BCUT2D eigenvalue weighted by Crippen LogP contribution is 2.16. The van der Waals surface area contributed by atoms with Gasteiger partial charge >= 0.3 is 5.97 Å². The molecule has 0 saturated heterocycles. The van der Waals surface area contributed by atoms with Gasteiger partial charge in [-0.1, -0.05) is 11.3 Å². The van der Waals surface area contributed by atoms with Crippen molar-refractivity contribution in [3.63, 3.8) is 0 Å². The highest BCUT2D eigenvalue weighted by molar-refractivity contribution is 5.91. The Hall–Kier alpha value is -2.77. The van der Waals surface area contributed by atoms with E-state index in [0.29, 0.717) is 11.3 Å². The van der Waals surface area contributed by atoms with Crippen molar-refractivity contribution in [2.75, 3.05) is 5.32 Å². The molecule has 0 radical (unpaired) electrons. The van der Waals surface area contributed by atoms with Crippen LogP contribution in [0.5, 0.6) is 0 Å². The smallest absolute Gasteiger partial charge is 0.358 e. The highest BCUT2D eigenvalue weighted by atomic mass is 19.1. The third kappa shape index (κ3) is 3.22. The first-order chi connectivity index (χ1) is 9.88. The number of hydrogen-bond donors (Lipinski definition) is 2. The number of carboxylic acids is 1. The standard InChI is InChI=1S/C13H13FN4O3/c1-7-3-4-9(14)5-10(7)15-11(19)6-18-8(2)12(13(20)21)16-17-18/h3-5H,6H2,1-2H3,(H,15,19)(H,20,21). The van der Waals surface area contributed by atoms with Crippen LogP contribution >= 0.6 is 0 Å². The minimum absolute atomic E-state index is 0.204. The summed E-state index contributed by atoms with van der Waals surface area (Å²) in [5.41, 5.74) is 1.14. The average molecular weight is 292 g/mol. The predicted octanol–water partition coefficient (Wildman–Crippen LogP) is 1.37. The van der Waals surface area contributed by atoms with Gasteiger partial charge in [0.1, 0.15) is 12.4 Å². The largest absolute Gasteiger partial charge is 0.476 e. The molecule has 1 aromatic heterocycles. The fraction of sp³-hybridized carbons (Fsp3) is 0.231. The van der Waals surface area contributed by atoms with Crippen LogP contribution in [0.2, 0.25) is 0 Å². The maximum absolute atomic E-state index is 13.1. The number of aryl methyl sites for hydroxylation is 1. The molecule has 0 saturated carbocycles. The molecule has 0 aliphatic rings. The summed E-state index contributed by atoms with van der Waals surface area (Å²) >= 11 is 0. The second-order valence-corrected chi connectivity index (χ2v) is 4.49. The Bertz CT molecular complexity index is 711. The van der Waals surface area contributed by atoms with E-state index in [1.807, 2.05) is 0 Å². The van der Waals surface area contributed by atoms with Gasteiger partial charge in [0, 0.05) is 5.69 Å². The summed E-state index contributed by atoms with van der Waals surface area (Å²) < 4.78 is 14.3. The van der Waals surface area contributed by atoms with E-state index in [2.05, 4.69) is 15.6 Å². The van der Waals surface area contributed by atoms with Crippen LogP contribution in [0.1, 0.15) is 21.7 Å². The average Bonchev–Trinajstić information content (AvgIpc) is 2.75. The Morgan fingerprint density at radius 3 is 2.71 bits per heavy atom. The van der Waals surface area contributed by atoms with Crippen LogP contribution in [-0.2, 0) is 11.3 Å². The normalized spacial score (nSPS) is 10.4. The van der Waals surface area contributed by atoms with E-state index in [0.717, 1.165) is 0 Å². The summed E-state index contributed by atoms with van der Waals surface area (Å²) in [5, 5.41) is 18.5. The van der Waals surface area contributed by atoms with Crippen molar-refractivity contribution in [2.45, 2.75) is 20.4 Å². The van der Waals surface area contributed by atoms with E-state index in [9.17, 15) is 14.0 Å². The zero-order valence-electron chi connectivity index (χ0n) is 11.4. The number of rotatable bonds is 4. The van der Waals surface area contributed by atoms with Crippen LogP contribution in [0.25, 0.3) is 0 Å². The Kier molecular flexibility index (Phi) is 3.97. The van der Waals surface area contributed by atoms with Crippen LogP contribution in [-0.4, -0.2) is 32.0 Å². The molecule has 0 aliphatic carbocycles. The number of halogens is 1. The number of benzene rings is 1. The number of nitrogens with zero attached hydrogens (tertiary/aromatic N) is 3. The van der Waals surface area contributed by atoms with Crippen molar-refractivity contribution in [1.82, 2.24) is 15.0 Å². The Labute approximate surface area is 119 Å². The van der Waals surface area contributed by atoms with Crippen LogP contribution in [0, 0.1) is 19.7 Å². The van der Waals surface area contributed by atoms with E-state index in [-0.39, 0.29) is 17.9 Å². The molecule has 21 heavy (non-hydrogen) atoms. The van der Waals surface area contributed by atoms with Gasteiger partial charge in [0.2, 0.25) is 5.91 Å². The quantitative estimate of drug-likeness (QED) is 0.887. The molecule has 0 bridgehead atoms. The maximum atomic E-state index is 13.1. The first-order valence-electron chi connectivity index (χ1n) is 6.08. The topological polar surface area (TPSA) is 97.1 Å². The monoisotopic (exact) mass is 292 g/mol. The number of carboxylic acid groups (broad SMARTS) is 1. The minimum Gasteiger partial charge on any atom is -0.476 e. The molecule has 2 aromatic rings. The molecule has 110 valence electrons. The molecule has 2 rings (SSSR count). The second-order valence-electron chi connectivity index (χ2n) is 4.49. The van der Waals surface area contributed by atoms with Crippen molar-refractivity contribution in [2.24, 2.45) is 0 Å². The first-order valence-corrected chi connectivity index (χ1v) is 6.08. The lowest BCUT2D eigenvalue weighted by Crippen LogP contribution is -2.21. The number of hydrogen-bond acceptors (Lipinski definition) is 4. The van der Waals surface area contributed by atoms with Crippen LogP contribution in [0.4, 0.5) is 10.1 Å². The van der Waals surface area contributed by atoms with Gasteiger partial charge in [0.25, 0.3) is 0 Å². The van der Waals surface area contributed by atoms with E-state index >= 15 is 0 Å². The van der Waals surface area contributed by atoms with E-state index < -0.39 is 17.7 Å². The number of carbonyl (C=O) groups is 2. The number of nitrogens with one attached hydrogen (secondary N) is 1. The van der Waals surface area contributed by atoms with Gasteiger partial charge in [0.15, 0.2) is 5.69 Å². The molecule has 2 N–H and O–H groups in total. The van der Waals surface area contributed by atoms with Crippen LogP contribution < -0.4 is 5.32 Å². The van der Waals surface area contributed by atoms with Gasteiger partial charge in [-0.05, 0) is 31.5 Å². The fourth-order valence-corrected chi connectivity index (χ4v) is 1.76. The van der Waals surface area contributed by atoms with E-state index in [1.165, 1.54) is 23.7 Å². The van der Waals surface area contributed by atoms with Gasteiger partial charge in [-0.3, -0.25) is 4.79 Å². The molecule has 0 atom stereocenters. The number of anilines is 1. The zero-order valence-corrected chi connectivity index (χ0v) is 11.4. The summed E-state index contributed by atoms with van der Waals surface area (Å²) in [6.45, 7) is 3.03. The molecular formula is C13H13FN4O3. The molecule has 7 nitrogen and oxygen atoms in total. The highest BCUT2D eigenvalue weighted by Gasteiger charge is 2.17. The van der Waals surface area contributed by atoms with Gasteiger partial charge in [-0.25, -0.2) is 13.9 Å². The van der Waals surface area contributed by atoms with Crippen molar-refractivity contribution in [3.8, 4) is 0 Å². The Morgan fingerprint density at radius 1 is 1.38 bits per heavy atom. The minimum atomic E-state index is -1.21. The lowest BCUT2D eigenvalue weighted by atomic mass is 10.2. The summed E-state index contributed by atoms with van der Waals surface area (Å²) in [7, 11) is 0. The molecule has 1 aromatic carbocycles. The van der Waals surface area contributed by atoms with Crippen molar-refractivity contribution < 1.29 is 19.1 Å². The molecule has 0 unspecified atom stereocenters. The number of carbonyl (C=O) groups excluding carboxylic acids is 1. The lowest BCUT2D eigenvalue weighted by Gasteiger charge is -2.09. The fourth-order valence-electron chi connectivity index (χ4n) is 1.76. The van der Waals surface area contributed by atoms with Crippen LogP contribution in [0.3, 0.4) is 0 Å². The lowest BCUT2D eigenvalue weighted by molar-refractivity contribution is -0.117. The van der Waals surface area contributed by atoms with Gasteiger partial charge in [0.05, 0.1) is 5.69 Å². The summed E-state index contributed by atoms with van der Waals surface area (Å²) in [4.78, 5) is 22.7. The molecule has 8 heteroatoms. The molecule has 1 heterocycles. The molecular weight excluding hydrogens is 279 g/mol.